The Balaban J connectivity index is 2.21. The quantitative estimate of drug-likeness (QED) is 0.506. The van der Waals surface area contributed by atoms with Crippen LogP contribution in [0.5, 0.6) is 0 Å². The molecule has 0 aliphatic heterocycles. The standard InChI is InChI=1S/C11H14O3/c1-14-10(12)6-9-7-4-2-3-5-8(7)11(9)13/h6,11,13H,2-5H2,1H3/b9-6-. The van der Waals surface area contributed by atoms with Crippen molar-refractivity contribution in [3.05, 3.63) is 22.8 Å². The number of carbonyl (C=O) groups excluding carboxylic acids is 1. The van der Waals surface area contributed by atoms with Crippen LogP contribution in [0.25, 0.3) is 0 Å². The van der Waals surface area contributed by atoms with Crippen LogP contribution in [0.4, 0.5) is 0 Å². The first-order chi connectivity index (χ1) is 6.74. The molecule has 1 N–H and O–H groups in total. The molecule has 0 aromatic carbocycles. The zero-order valence-electron chi connectivity index (χ0n) is 8.25. The van der Waals surface area contributed by atoms with Gasteiger partial charge >= 0.3 is 5.97 Å². The summed E-state index contributed by atoms with van der Waals surface area (Å²) in [5.74, 6) is -0.379. The molecule has 0 spiro atoms. The number of carbonyl (C=O) groups is 1. The summed E-state index contributed by atoms with van der Waals surface area (Å²) in [6.07, 6.45) is 5.19. The molecule has 1 atom stereocenters. The van der Waals surface area contributed by atoms with Crippen LogP contribution in [0.3, 0.4) is 0 Å². The molecule has 0 radical (unpaired) electrons. The Hall–Kier alpha value is -1.09. The summed E-state index contributed by atoms with van der Waals surface area (Å²) in [6, 6.07) is 0. The van der Waals surface area contributed by atoms with Gasteiger partial charge in [-0.15, -0.1) is 0 Å². The van der Waals surface area contributed by atoms with E-state index in [0.717, 1.165) is 36.8 Å². The molecule has 0 saturated heterocycles. The summed E-state index contributed by atoms with van der Waals surface area (Å²) in [7, 11) is 1.35. The number of hydrogen-bond donors (Lipinski definition) is 1. The van der Waals surface area contributed by atoms with Gasteiger partial charge in [-0.2, -0.15) is 0 Å². The van der Waals surface area contributed by atoms with Gasteiger partial charge in [-0.25, -0.2) is 4.79 Å². The number of esters is 1. The fourth-order valence-corrected chi connectivity index (χ4v) is 2.19. The SMILES string of the molecule is COC(=O)/C=C1/C2=C(CCCC2)C1O. The maximum atomic E-state index is 11.0. The van der Waals surface area contributed by atoms with E-state index in [0.29, 0.717) is 0 Å². The van der Waals surface area contributed by atoms with E-state index in [9.17, 15) is 9.90 Å². The first-order valence-electron chi connectivity index (χ1n) is 4.94. The van der Waals surface area contributed by atoms with Gasteiger partial charge in [0.05, 0.1) is 7.11 Å². The molecule has 2 aliphatic carbocycles. The largest absolute Gasteiger partial charge is 0.466 e. The monoisotopic (exact) mass is 194 g/mol. The summed E-state index contributed by atoms with van der Waals surface area (Å²) >= 11 is 0. The number of aliphatic hydroxyl groups is 1. The van der Waals surface area contributed by atoms with Crippen molar-refractivity contribution in [1.29, 1.82) is 0 Å². The zero-order valence-corrected chi connectivity index (χ0v) is 8.25. The lowest BCUT2D eigenvalue weighted by molar-refractivity contribution is -0.134. The van der Waals surface area contributed by atoms with E-state index < -0.39 is 6.10 Å². The minimum atomic E-state index is -0.510. The Morgan fingerprint density at radius 2 is 2.21 bits per heavy atom. The number of aliphatic hydroxyl groups excluding tert-OH is 1. The highest BCUT2D eigenvalue weighted by atomic mass is 16.5. The van der Waals surface area contributed by atoms with E-state index in [2.05, 4.69) is 4.74 Å². The highest BCUT2D eigenvalue weighted by Gasteiger charge is 2.34. The Kier molecular flexibility index (Phi) is 2.42. The van der Waals surface area contributed by atoms with Crippen LogP contribution in [0.15, 0.2) is 22.8 Å². The summed E-state index contributed by atoms with van der Waals surface area (Å²) in [5, 5.41) is 9.71. The molecule has 0 amide bonds. The van der Waals surface area contributed by atoms with Crippen LogP contribution in [0, 0.1) is 0 Å². The summed E-state index contributed by atoms with van der Waals surface area (Å²) in [5.41, 5.74) is 3.09. The van der Waals surface area contributed by atoms with Gasteiger partial charge in [-0.1, -0.05) is 0 Å². The summed E-state index contributed by atoms with van der Waals surface area (Å²) < 4.78 is 4.54. The highest BCUT2D eigenvalue weighted by molar-refractivity contribution is 5.85. The minimum absolute atomic E-state index is 0.379. The topological polar surface area (TPSA) is 46.5 Å². The molecule has 0 saturated carbocycles. The molecule has 0 fully saturated rings. The van der Waals surface area contributed by atoms with E-state index in [1.165, 1.54) is 18.8 Å². The second-order valence-electron chi connectivity index (χ2n) is 3.74. The van der Waals surface area contributed by atoms with Crippen molar-refractivity contribution in [2.24, 2.45) is 0 Å². The molecule has 0 aromatic heterocycles. The molecule has 2 aliphatic rings. The van der Waals surface area contributed by atoms with Gasteiger partial charge in [0.25, 0.3) is 0 Å². The predicted molar refractivity (Wildman–Crippen MR) is 51.6 cm³/mol. The maximum absolute atomic E-state index is 11.0. The van der Waals surface area contributed by atoms with E-state index in [1.54, 1.807) is 0 Å². The Morgan fingerprint density at radius 1 is 1.50 bits per heavy atom. The molecule has 2 rings (SSSR count). The smallest absolute Gasteiger partial charge is 0.330 e. The van der Waals surface area contributed by atoms with Gasteiger partial charge < -0.3 is 9.84 Å². The fourth-order valence-electron chi connectivity index (χ4n) is 2.19. The molecule has 3 nitrogen and oxygen atoms in total. The lowest BCUT2D eigenvalue weighted by atomic mass is 9.72. The lowest BCUT2D eigenvalue weighted by Crippen LogP contribution is -2.30. The van der Waals surface area contributed by atoms with Gasteiger partial charge in [-0.05, 0) is 42.4 Å². The Labute approximate surface area is 83.1 Å². The van der Waals surface area contributed by atoms with Crippen molar-refractivity contribution in [2.45, 2.75) is 31.8 Å². The van der Waals surface area contributed by atoms with Crippen LogP contribution < -0.4 is 0 Å². The van der Waals surface area contributed by atoms with Crippen LogP contribution in [-0.4, -0.2) is 24.3 Å². The maximum Gasteiger partial charge on any atom is 0.330 e. The van der Waals surface area contributed by atoms with Crippen molar-refractivity contribution in [3.63, 3.8) is 0 Å². The number of ether oxygens (including phenoxy) is 1. The molecule has 0 heterocycles. The highest BCUT2D eigenvalue weighted by Crippen LogP contribution is 2.43. The molecule has 3 heteroatoms. The minimum Gasteiger partial charge on any atom is -0.466 e. The van der Waals surface area contributed by atoms with Crippen molar-refractivity contribution < 1.29 is 14.6 Å². The molecule has 76 valence electrons. The molecular formula is C11H14O3. The molecule has 0 bridgehead atoms. The van der Waals surface area contributed by atoms with E-state index in [-0.39, 0.29) is 5.97 Å². The average Bonchev–Trinajstić information content (AvgIpc) is 2.25. The molecule has 14 heavy (non-hydrogen) atoms. The van der Waals surface area contributed by atoms with Crippen LogP contribution in [0.1, 0.15) is 25.7 Å². The molecule has 0 aromatic rings. The van der Waals surface area contributed by atoms with Gasteiger partial charge in [-0.3, -0.25) is 0 Å². The van der Waals surface area contributed by atoms with Crippen LogP contribution in [-0.2, 0) is 9.53 Å². The van der Waals surface area contributed by atoms with E-state index >= 15 is 0 Å². The third kappa shape index (κ3) is 1.38. The normalized spacial score (nSPS) is 28.4. The Bertz CT molecular complexity index is 325. The van der Waals surface area contributed by atoms with Crippen LogP contribution in [0.2, 0.25) is 0 Å². The van der Waals surface area contributed by atoms with Crippen molar-refractivity contribution in [1.82, 2.24) is 0 Å². The molecule has 1 unspecified atom stereocenters. The van der Waals surface area contributed by atoms with Gasteiger partial charge in [0, 0.05) is 6.08 Å². The van der Waals surface area contributed by atoms with Gasteiger partial charge in [0.1, 0.15) is 6.10 Å². The zero-order chi connectivity index (χ0) is 10.1. The summed E-state index contributed by atoms with van der Waals surface area (Å²) in [6.45, 7) is 0. The van der Waals surface area contributed by atoms with Crippen molar-refractivity contribution in [2.75, 3.05) is 7.11 Å². The van der Waals surface area contributed by atoms with E-state index in [1.807, 2.05) is 0 Å². The van der Waals surface area contributed by atoms with Gasteiger partial charge in [0.15, 0.2) is 0 Å². The third-order valence-corrected chi connectivity index (χ3v) is 2.96. The number of rotatable bonds is 1. The van der Waals surface area contributed by atoms with Gasteiger partial charge in [0.2, 0.25) is 0 Å². The predicted octanol–water partition coefficient (Wildman–Crippen LogP) is 1.33. The average molecular weight is 194 g/mol. The Morgan fingerprint density at radius 3 is 2.93 bits per heavy atom. The third-order valence-electron chi connectivity index (χ3n) is 2.96. The fraction of sp³-hybridized carbons (Fsp3) is 0.545. The lowest BCUT2D eigenvalue weighted by Gasteiger charge is -2.36. The first kappa shape index (κ1) is 9.46. The first-order valence-corrected chi connectivity index (χ1v) is 4.94. The van der Waals surface area contributed by atoms with Crippen molar-refractivity contribution in [3.8, 4) is 0 Å². The second-order valence-corrected chi connectivity index (χ2v) is 3.74. The van der Waals surface area contributed by atoms with Crippen LogP contribution >= 0.6 is 0 Å². The van der Waals surface area contributed by atoms with Crippen molar-refractivity contribution >= 4 is 5.97 Å². The van der Waals surface area contributed by atoms with E-state index in [4.69, 9.17) is 0 Å². The second kappa shape index (κ2) is 3.58. The number of hydrogen-bond acceptors (Lipinski definition) is 3. The summed E-state index contributed by atoms with van der Waals surface area (Å²) in [4.78, 5) is 11.0. The molecular weight excluding hydrogens is 180 g/mol. The number of methoxy groups -OCH3 is 1.